The first-order valence-corrected chi connectivity index (χ1v) is 10.9. The van der Waals surface area contributed by atoms with Crippen LogP contribution in [0.25, 0.3) is 0 Å². The van der Waals surface area contributed by atoms with Gasteiger partial charge in [0.1, 0.15) is 0 Å². The topological polar surface area (TPSA) is 42.0 Å². The van der Waals surface area contributed by atoms with Crippen LogP contribution in [-0.2, 0) is 15.1 Å². The zero-order valence-corrected chi connectivity index (χ0v) is 18.8. The molecule has 0 aliphatic carbocycles. The summed E-state index contributed by atoms with van der Waals surface area (Å²) in [5.41, 5.74) is 1.79. The Morgan fingerprint density at radius 1 is 1.17 bits per heavy atom. The van der Waals surface area contributed by atoms with Crippen molar-refractivity contribution in [1.82, 2.24) is 4.90 Å². The number of urea groups is 1. The summed E-state index contributed by atoms with van der Waals surface area (Å²) in [6, 6.07) is 16.5. The highest BCUT2D eigenvalue weighted by molar-refractivity contribution is 7.99. The number of ether oxygens (including phenoxy) is 2. The van der Waals surface area contributed by atoms with Crippen LogP contribution in [0.4, 0.5) is 10.5 Å². The van der Waals surface area contributed by atoms with E-state index in [1.807, 2.05) is 24.3 Å². The molecule has 0 bridgehead atoms. The van der Waals surface area contributed by atoms with Crippen LogP contribution in [0.1, 0.15) is 18.4 Å². The average Bonchev–Trinajstić information content (AvgIpc) is 2.79. The van der Waals surface area contributed by atoms with Gasteiger partial charge < -0.3 is 14.4 Å². The molecule has 0 unspecified atom stereocenters. The van der Waals surface area contributed by atoms with E-state index in [-0.39, 0.29) is 11.6 Å². The van der Waals surface area contributed by atoms with Crippen molar-refractivity contribution in [3.63, 3.8) is 0 Å². The molecule has 2 aromatic carbocycles. The van der Waals surface area contributed by atoms with Crippen molar-refractivity contribution >= 4 is 23.5 Å². The van der Waals surface area contributed by atoms with E-state index in [1.54, 1.807) is 48.8 Å². The van der Waals surface area contributed by atoms with Crippen molar-refractivity contribution < 1.29 is 14.3 Å². The summed E-state index contributed by atoms with van der Waals surface area (Å²) in [6.45, 7) is 5.65. The fourth-order valence-electron chi connectivity index (χ4n) is 3.67. The Hall–Kier alpha value is -2.28. The molecule has 30 heavy (non-hydrogen) atoms. The Labute approximate surface area is 183 Å². The summed E-state index contributed by atoms with van der Waals surface area (Å²) >= 11 is 1.70. The van der Waals surface area contributed by atoms with Gasteiger partial charge >= 0.3 is 6.03 Å². The molecule has 0 spiro atoms. The lowest BCUT2D eigenvalue weighted by molar-refractivity contribution is -0.0948. The predicted molar refractivity (Wildman–Crippen MR) is 122 cm³/mol. The third kappa shape index (κ3) is 5.06. The van der Waals surface area contributed by atoms with Crippen molar-refractivity contribution in [2.75, 3.05) is 45.9 Å². The highest BCUT2D eigenvalue weighted by Gasteiger charge is 2.34. The number of carbonyl (C=O) groups excluding carboxylic acids is 1. The van der Waals surface area contributed by atoms with E-state index in [9.17, 15) is 4.79 Å². The van der Waals surface area contributed by atoms with Gasteiger partial charge in [0.25, 0.3) is 0 Å². The van der Waals surface area contributed by atoms with Gasteiger partial charge in [-0.2, -0.15) is 0 Å². The summed E-state index contributed by atoms with van der Waals surface area (Å²) in [5.74, 6) is 0. The quantitative estimate of drug-likeness (QED) is 0.573. The number of hydrogen-bond acceptors (Lipinski definition) is 4. The van der Waals surface area contributed by atoms with Crippen molar-refractivity contribution in [3.8, 4) is 0 Å². The number of methoxy groups -OCH3 is 1. The van der Waals surface area contributed by atoms with Crippen LogP contribution in [0, 0.1) is 0 Å². The summed E-state index contributed by atoms with van der Waals surface area (Å²) in [5, 5.41) is 0. The van der Waals surface area contributed by atoms with Crippen LogP contribution in [0.2, 0.25) is 0 Å². The molecule has 2 aromatic rings. The molecule has 2 amide bonds. The van der Waals surface area contributed by atoms with Crippen molar-refractivity contribution in [1.29, 1.82) is 0 Å². The number of likely N-dealkylation sites (N-methyl/N-ethyl adjacent to an activating group) is 1. The van der Waals surface area contributed by atoms with Crippen LogP contribution in [0.3, 0.4) is 0 Å². The maximum Gasteiger partial charge on any atom is 0.324 e. The summed E-state index contributed by atoms with van der Waals surface area (Å²) < 4.78 is 11.5. The van der Waals surface area contributed by atoms with Gasteiger partial charge in [0.2, 0.25) is 0 Å². The molecule has 1 aliphatic rings. The number of anilines is 1. The normalized spacial score (nSPS) is 15.4. The van der Waals surface area contributed by atoms with E-state index in [0.29, 0.717) is 6.54 Å². The molecule has 0 radical (unpaired) electrons. The van der Waals surface area contributed by atoms with Crippen LogP contribution >= 0.6 is 11.8 Å². The molecule has 3 rings (SSSR count). The maximum absolute atomic E-state index is 12.4. The van der Waals surface area contributed by atoms with E-state index >= 15 is 0 Å². The first-order valence-electron chi connectivity index (χ1n) is 10.1. The Morgan fingerprint density at radius 3 is 2.50 bits per heavy atom. The standard InChI is InChI=1S/C24H30N2O3S/c1-5-15-25(2)23(27)26(3)20-9-11-21(12-10-20)30-22-8-6-7-19(18-22)24(28-4)13-16-29-17-14-24/h5-12,18H,1,13-17H2,2-4H3. The number of rotatable bonds is 7. The fraction of sp³-hybridized carbons (Fsp3) is 0.375. The lowest BCUT2D eigenvalue weighted by Crippen LogP contribution is -2.38. The van der Waals surface area contributed by atoms with Crippen molar-refractivity contribution in [2.24, 2.45) is 0 Å². The number of hydrogen-bond donors (Lipinski definition) is 0. The van der Waals surface area contributed by atoms with Crippen molar-refractivity contribution in [3.05, 3.63) is 66.7 Å². The third-order valence-corrected chi connectivity index (χ3v) is 6.53. The van der Waals surface area contributed by atoms with Gasteiger partial charge in [0.05, 0.1) is 5.60 Å². The van der Waals surface area contributed by atoms with Crippen LogP contribution in [0.15, 0.2) is 71.0 Å². The second-order valence-corrected chi connectivity index (χ2v) is 8.59. The second-order valence-electron chi connectivity index (χ2n) is 7.45. The van der Waals surface area contributed by atoms with E-state index in [0.717, 1.165) is 36.6 Å². The van der Waals surface area contributed by atoms with E-state index in [2.05, 4.69) is 30.8 Å². The van der Waals surface area contributed by atoms with Crippen molar-refractivity contribution in [2.45, 2.75) is 28.2 Å². The van der Waals surface area contributed by atoms with Gasteiger partial charge in [0.15, 0.2) is 0 Å². The van der Waals surface area contributed by atoms with Crippen LogP contribution < -0.4 is 4.90 Å². The Bertz CT molecular complexity index is 863. The summed E-state index contributed by atoms with van der Waals surface area (Å²) in [6.07, 6.45) is 3.45. The van der Waals surface area contributed by atoms with Gasteiger partial charge in [-0.3, -0.25) is 4.90 Å². The molecule has 6 heteroatoms. The molecule has 5 nitrogen and oxygen atoms in total. The molecule has 1 fully saturated rings. The molecule has 0 aromatic heterocycles. The smallest absolute Gasteiger partial charge is 0.324 e. The molecule has 0 saturated carbocycles. The van der Waals surface area contributed by atoms with Crippen LogP contribution in [0.5, 0.6) is 0 Å². The fourth-order valence-corrected chi connectivity index (χ4v) is 4.54. The van der Waals surface area contributed by atoms with E-state index in [1.165, 1.54) is 10.5 Å². The van der Waals surface area contributed by atoms with Gasteiger partial charge in [-0.1, -0.05) is 30.0 Å². The van der Waals surface area contributed by atoms with Gasteiger partial charge in [-0.15, -0.1) is 6.58 Å². The minimum atomic E-state index is -0.265. The van der Waals surface area contributed by atoms with Gasteiger partial charge in [-0.25, -0.2) is 4.79 Å². The molecule has 0 N–H and O–H groups in total. The predicted octanol–water partition coefficient (Wildman–Crippen LogP) is 5.16. The van der Waals surface area contributed by atoms with Gasteiger partial charge in [0, 0.05) is 69.3 Å². The Kier molecular flexibility index (Phi) is 7.58. The third-order valence-electron chi connectivity index (χ3n) is 5.53. The van der Waals surface area contributed by atoms with E-state index in [4.69, 9.17) is 9.47 Å². The summed E-state index contributed by atoms with van der Waals surface area (Å²) in [7, 11) is 5.34. The monoisotopic (exact) mass is 426 g/mol. The average molecular weight is 427 g/mol. The SMILES string of the molecule is C=CCN(C)C(=O)N(C)c1ccc(Sc2cccc(C3(OC)CCOCC3)c2)cc1. The molecule has 1 saturated heterocycles. The highest BCUT2D eigenvalue weighted by atomic mass is 32.2. The summed E-state index contributed by atoms with van der Waals surface area (Å²) in [4.78, 5) is 18.0. The second kappa shape index (κ2) is 10.2. The highest BCUT2D eigenvalue weighted by Crippen LogP contribution is 2.38. The van der Waals surface area contributed by atoms with Crippen LogP contribution in [-0.4, -0.2) is 51.9 Å². The molecule has 1 aliphatic heterocycles. The first-order chi connectivity index (χ1) is 14.5. The lowest BCUT2D eigenvalue weighted by Gasteiger charge is -2.36. The Balaban J connectivity index is 1.71. The lowest BCUT2D eigenvalue weighted by atomic mass is 9.86. The number of nitrogens with zero attached hydrogens (tertiary/aromatic N) is 2. The maximum atomic E-state index is 12.4. The molecular weight excluding hydrogens is 396 g/mol. The zero-order chi connectivity index (χ0) is 21.6. The number of carbonyl (C=O) groups is 1. The first kappa shape index (κ1) is 22.4. The number of benzene rings is 2. The minimum absolute atomic E-state index is 0.0654. The zero-order valence-electron chi connectivity index (χ0n) is 18.0. The van der Waals surface area contributed by atoms with E-state index < -0.39 is 0 Å². The Morgan fingerprint density at radius 2 is 1.87 bits per heavy atom. The molecular formula is C24H30N2O3S. The van der Waals surface area contributed by atoms with Gasteiger partial charge in [-0.05, 0) is 42.0 Å². The largest absolute Gasteiger partial charge is 0.381 e. The molecule has 160 valence electrons. The number of amides is 2. The molecule has 1 heterocycles. The minimum Gasteiger partial charge on any atom is -0.381 e. The molecule has 0 atom stereocenters.